The Kier molecular flexibility index (Phi) is 4.18. The lowest BCUT2D eigenvalue weighted by Gasteiger charge is -2.07. The van der Waals surface area contributed by atoms with Crippen molar-refractivity contribution in [3.05, 3.63) is 82.3 Å². The third-order valence-corrected chi connectivity index (χ3v) is 3.46. The van der Waals surface area contributed by atoms with Gasteiger partial charge in [0.1, 0.15) is 5.69 Å². The molecule has 0 bridgehead atoms. The molecule has 0 unspecified atom stereocenters. The number of para-hydroxylation sites is 1. The summed E-state index contributed by atoms with van der Waals surface area (Å²) in [7, 11) is 0. The number of aromatic amines is 1. The monoisotopic (exact) mass is 347 g/mol. The molecule has 0 spiro atoms. The van der Waals surface area contributed by atoms with E-state index in [9.17, 15) is 22.8 Å². The third-order valence-electron chi connectivity index (χ3n) is 3.46. The Balaban J connectivity index is 2.08. The highest BCUT2D eigenvalue weighted by atomic mass is 19.4. The summed E-state index contributed by atoms with van der Waals surface area (Å²) in [4.78, 5) is 24.6. The minimum absolute atomic E-state index is 0.141. The van der Waals surface area contributed by atoms with E-state index in [1.165, 1.54) is 24.3 Å². The zero-order valence-electron chi connectivity index (χ0n) is 12.7. The van der Waals surface area contributed by atoms with Crippen LogP contribution in [0.3, 0.4) is 0 Å². The van der Waals surface area contributed by atoms with Gasteiger partial charge in [-0.05, 0) is 24.3 Å². The van der Waals surface area contributed by atoms with Crippen molar-refractivity contribution in [3.63, 3.8) is 0 Å². The van der Waals surface area contributed by atoms with Gasteiger partial charge in [0.2, 0.25) is 0 Å². The number of rotatable bonds is 3. The number of aromatic nitrogens is 2. The standard InChI is InChI=1S/C17H12F3N3O2/c18-17(19,20)14-13(21-15(24)11-7-3-1-4-8-11)16(25)23(22-14)12-9-5-2-6-10-12/h1-10,22H,(H,21,24). The van der Waals surface area contributed by atoms with Crippen LogP contribution in [0.1, 0.15) is 16.1 Å². The van der Waals surface area contributed by atoms with E-state index in [-0.39, 0.29) is 11.3 Å². The first-order chi connectivity index (χ1) is 11.9. The van der Waals surface area contributed by atoms with Crippen LogP contribution >= 0.6 is 0 Å². The summed E-state index contributed by atoms with van der Waals surface area (Å²) in [5.41, 5.74) is -2.79. The van der Waals surface area contributed by atoms with Crippen molar-refractivity contribution in [3.8, 4) is 5.69 Å². The van der Waals surface area contributed by atoms with Crippen LogP contribution in [0, 0.1) is 0 Å². The van der Waals surface area contributed by atoms with Crippen LogP contribution in [0.15, 0.2) is 65.5 Å². The Bertz CT molecular complexity index is 945. The Hall–Kier alpha value is -3.29. The number of amides is 1. The zero-order valence-corrected chi connectivity index (χ0v) is 12.7. The Labute approximate surface area is 139 Å². The van der Waals surface area contributed by atoms with Gasteiger partial charge < -0.3 is 5.32 Å². The van der Waals surface area contributed by atoms with Crippen molar-refractivity contribution in [2.75, 3.05) is 5.32 Å². The number of nitrogens with zero attached hydrogens (tertiary/aromatic N) is 1. The summed E-state index contributed by atoms with van der Waals surface area (Å²) in [6.45, 7) is 0. The van der Waals surface area contributed by atoms with Crippen molar-refractivity contribution in [1.29, 1.82) is 0 Å². The summed E-state index contributed by atoms with van der Waals surface area (Å²) in [5.74, 6) is -0.803. The van der Waals surface area contributed by atoms with Crippen LogP contribution in [0.2, 0.25) is 0 Å². The fourth-order valence-electron chi connectivity index (χ4n) is 2.29. The maximum Gasteiger partial charge on any atom is 0.434 e. The van der Waals surface area contributed by atoms with Crippen LogP contribution in [0.4, 0.5) is 18.9 Å². The Morgan fingerprint density at radius 1 is 0.960 bits per heavy atom. The molecular formula is C17H12F3N3O2. The summed E-state index contributed by atoms with van der Waals surface area (Å²) >= 11 is 0. The summed E-state index contributed by atoms with van der Waals surface area (Å²) in [5, 5.41) is 4.10. The van der Waals surface area contributed by atoms with Crippen LogP contribution in [-0.2, 0) is 6.18 Å². The van der Waals surface area contributed by atoms with Gasteiger partial charge in [0.15, 0.2) is 5.69 Å². The summed E-state index contributed by atoms with van der Waals surface area (Å²) in [6.07, 6.45) is -4.83. The molecule has 3 aromatic rings. The van der Waals surface area contributed by atoms with Crippen molar-refractivity contribution in [2.45, 2.75) is 6.18 Å². The maximum atomic E-state index is 13.3. The molecule has 128 valence electrons. The number of hydrogen-bond acceptors (Lipinski definition) is 2. The number of nitrogens with one attached hydrogen (secondary N) is 2. The molecule has 8 heteroatoms. The third kappa shape index (κ3) is 3.32. The molecule has 0 saturated heterocycles. The highest BCUT2D eigenvalue weighted by molar-refractivity contribution is 6.04. The summed E-state index contributed by atoms with van der Waals surface area (Å²) in [6, 6.07) is 15.4. The maximum absolute atomic E-state index is 13.3. The molecule has 0 aliphatic carbocycles. The molecule has 0 fully saturated rings. The van der Waals surface area contributed by atoms with E-state index in [1.54, 1.807) is 36.4 Å². The van der Waals surface area contributed by atoms with Gasteiger partial charge in [0, 0.05) is 5.56 Å². The molecule has 0 saturated carbocycles. The van der Waals surface area contributed by atoms with Gasteiger partial charge in [-0.1, -0.05) is 36.4 Å². The molecule has 25 heavy (non-hydrogen) atoms. The van der Waals surface area contributed by atoms with E-state index >= 15 is 0 Å². The van der Waals surface area contributed by atoms with E-state index in [1.807, 2.05) is 5.10 Å². The van der Waals surface area contributed by atoms with Crippen molar-refractivity contribution < 1.29 is 18.0 Å². The molecule has 2 N–H and O–H groups in total. The predicted molar refractivity (Wildman–Crippen MR) is 85.8 cm³/mol. The summed E-state index contributed by atoms with van der Waals surface area (Å²) < 4.78 is 40.6. The van der Waals surface area contributed by atoms with Crippen LogP contribution < -0.4 is 10.9 Å². The first-order valence-corrected chi connectivity index (χ1v) is 7.22. The average molecular weight is 347 g/mol. The molecule has 0 atom stereocenters. The number of hydrogen-bond donors (Lipinski definition) is 2. The topological polar surface area (TPSA) is 66.9 Å². The molecule has 1 aromatic heterocycles. The van der Waals surface area contributed by atoms with Gasteiger partial charge >= 0.3 is 6.18 Å². The van der Waals surface area contributed by atoms with E-state index < -0.39 is 29.0 Å². The van der Waals surface area contributed by atoms with Crippen molar-refractivity contribution >= 4 is 11.6 Å². The highest BCUT2D eigenvalue weighted by Gasteiger charge is 2.39. The number of carbonyl (C=O) groups excluding carboxylic acids is 1. The zero-order chi connectivity index (χ0) is 18.0. The number of halogens is 3. The molecule has 0 radical (unpaired) electrons. The van der Waals surface area contributed by atoms with Gasteiger partial charge in [-0.3, -0.25) is 14.7 Å². The van der Waals surface area contributed by atoms with Gasteiger partial charge in [-0.25, -0.2) is 4.68 Å². The quantitative estimate of drug-likeness (QED) is 0.762. The minimum Gasteiger partial charge on any atom is -0.316 e. The van der Waals surface area contributed by atoms with E-state index in [4.69, 9.17) is 0 Å². The molecule has 1 heterocycles. The second-order valence-electron chi connectivity index (χ2n) is 5.16. The Morgan fingerprint density at radius 2 is 1.52 bits per heavy atom. The Morgan fingerprint density at radius 3 is 2.08 bits per heavy atom. The number of carbonyl (C=O) groups is 1. The highest BCUT2D eigenvalue weighted by Crippen LogP contribution is 2.32. The molecule has 3 rings (SSSR count). The van der Waals surface area contributed by atoms with Crippen molar-refractivity contribution in [2.24, 2.45) is 0 Å². The predicted octanol–water partition coefficient (Wildman–Crippen LogP) is 3.44. The molecule has 5 nitrogen and oxygen atoms in total. The largest absolute Gasteiger partial charge is 0.434 e. The van der Waals surface area contributed by atoms with Gasteiger partial charge in [-0.15, -0.1) is 0 Å². The number of benzene rings is 2. The molecular weight excluding hydrogens is 335 g/mol. The van der Waals surface area contributed by atoms with Gasteiger partial charge in [0.05, 0.1) is 5.69 Å². The van der Waals surface area contributed by atoms with E-state index in [0.717, 1.165) is 4.68 Å². The lowest BCUT2D eigenvalue weighted by atomic mass is 10.2. The minimum atomic E-state index is -4.83. The van der Waals surface area contributed by atoms with Gasteiger partial charge in [0.25, 0.3) is 11.5 Å². The van der Waals surface area contributed by atoms with Crippen LogP contribution in [-0.4, -0.2) is 15.7 Å². The second kappa shape index (κ2) is 6.31. The SMILES string of the molecule is O=C(Nc1c(C(F)(F)F)[nH]n(-c2ccccc2)c1=O)c1ccccc1. The fourth-order valence-corrected chi connectivity index (χ4v) is 2.29. The smallest absolute Gasteiger partial charge is 0.316 e. The molecule has 2 aromatic carbocycles. The second-order valence-corrected chi connectivity index (χ2v) is 5.16. The lowest BCUT2D eigenvalue weighted by Crippen LogP contribution is -2.22. The van der Waals surface area contributed by atoms with Gasteiger partial charge in [-0.2, -0.15) is 13.2 Å². The van der Waals surface area contributed by atoms with E-state index in [2.05, 4.69) is 5.32 Å². The molecule has 0 aliphatic rings. The first kappa shape index (κ1) is 16.6. The van der Waals surface area contributed by atoms with Crippen molar-refractivity contribution in [1.82, 2.24) is 9.78 Å². The molecule has 1 amide bonds. The number of alkyl halides is 3. The fraction of sp³-hybridized carbons (Fsp3) is 0.0588. The first-order valence-electron chi connectivity index (χ1n) is 7.22. The van der Waals surface area contributed by atoms with E-state index in [0.29, 0.717) is 0 Å². The average Bonchev–Trinajstić information content (AvgIpc) is 2.93. The van der Waals surface area contributed by atoms with Crippen LogP contribution in [0.5, 0.6) is 0 Å². The number of H-pyrrole nitrogens is 1. The molecule has 0 aliphatic heterocycles. The lowest BCUT2D eigenvalue weighted by molar-refractivity contribution is -0.140. The normalized spacial score (nSPS) is 11.3. The number of anilines is 1. The van der Waals surface area contributed by atoms with Crippen LogP contribution in [0.25, 0.3) is 5.69 Å².